The average molecular weight is 378 g/mol. The van der Waals surface area contributed by atoms with Gasteiger partial charge in [0.15, 0.2) is 6.10 Å². The summed E-state index contributed by atoms with van der Waals surface area (Å²) < 4.78 is 7.19. The Balaban J connectivity index is 1.43. The number of esters is 1. The molecule has 1 aromatic heterocycles. The average Bonchev–Trinajstić information content (AvgIpc) is 3.15. The van der Waals surface area contributed by atoms with Crippen molar-refractivity contribution in [1.29, 1.82) is 0 Å². The van der Waals surface area contributed by atoms with E-state index in [4.69, 9.17) is 4.74 Å². The van der Waals surface area contributed by atoms with Crippen molar-refractivity contribution in [2.45, 2.75) is 39.5 Å². The third-order valence-corrected chi connectivity index (χ3v) is 5.12. The molecule has 0 spiro atoms. The number of carbonyl (C=O) groups is 2. The predicted octanol–water partition coefficient (Wildman–Crippen LogP) is 2.58. The van der Waals surface area contributed by atoms with E-state index in [1.165, 1.54) is 5.56 Å². The molecule has 0 bridgehead atoms. The minimum atomic E-state index is -0.847. The maximum absolute atomic E-state index is 12.8. The highest BCUT2D eigenvalue weighted by atomic mass is 16.5. The van der Waals surface area contributed by atoms with Gasteiger partial charge in [-0.15, -0.1) is 5.10 Å². The fourth-order valence-electron chi connectivity index (χ4n) is 3.55. The summed E-state index contributed by atoms with van der Waals surface area (Å²) in [7, 11) is 0. The molecule has 0 N–H and O–H groups in total. The second-order valence-corrected chi connectivity index (χ2v) is 6.93. The zero-order valence-electron chi connectivity index (χ0n) is 16.0. The van der Waals surface area contributed by atoms with Crippen LogP contribution in [0.1, 0.15) is 35.3 Å². The van der Waals surface area contributed by atoms with E-state index in [1.54, 1.807) is 34.7 Å². The fourth-order valence-corrected chi connectivity index (χ4v) is 3.55. The smallest absolute Gasteiger partial charge is 0.338 e. The summed E-state index contributed by atoms with van der Waals surface area (Å²) in [5.74, 6) is -0.716. The van der Waals surface area contributed by atoms with Crippen LogP contribution >= 0.6 is 0 Å². The van der Waals surface area contributed by atoms with Gasteiger partial charge in [-0.25, -0.2) is 9.48 Å². The molecule has 7 heteroatoms. The third-order valence-electron chi connectivity index (χ3n) is 5.12. The van der Waals surface area contributed by atoms with Crippen LogP contribution in [0.3, 0.4) is 0 Å². The molecule has 0 fully saturated rings. The lowest BCUT2D eigenvalue weighted by atomic mass is 9.99. The predicted molar refractivity (Wildman–Crippen MR) is 104 cm³/mol. The molecule has 0 saturated heterocycles. The van der Waals surface area contributed by atoms with E-state index in [0.29, 0.717) is 30.7 Å². The highest BCUT2D eigenvalue weighted by Crippen LogP contribution is 2.20. The van der Waals surface area contributed by atoms with Gasteiger partial charge < -0.3 is 9.64 Å². The highest BCUT2D eigenvalue weighted by Gasteiger charge is 2.27. The van der Waals surface area contributed by atoms with Crippen molar-refractivity contribution in [2.75, 3.05) is 6.54 Å². The van der Waals surface area contributed by atoms with E-state index >= 15 is 0 Å². The molecule has 4 rings (SSSR count). The number of nitrogens with zero attached hydrogens (tertiary/aromatic N) is 4. The van der Waals surface area contributed by atoms with Crippen LogP contribution in [0, 0.1) is 0 Å². The van der Waals surface area contributed by atoms with Crippen molar-refractivity contribution >= 4 is 22.9 Å². The standard InChI is InChI=1S/C21H22N4O3/c1-3-25-19-9-8-16(12-18(19)22-23-25)21(27)28-14(2)20(26)24-11-10-15-6-4-5-7-17(15)13-24/h4-9,12,14H,3,10-11,13H2,1-2H3/t14-/m0/s1. The largest absolute Gasteiger partial charge is 0.449 e. The summed E-state index contributed by atoms with van der Waals surface area (Å²) >= 11 is 0. The number of aryl methyl sites for hydroxylation is 1. The molecule has 0 aliphatic carbocycles. The number of hydrogen-bond acceptors (Lipinski definition) is 5. The van der Waals surface area contributed by atoms with E-state index in [-0.39, 0.29) is 5.91 Å². The lowest BCUT2D eigenvalue weighted by molar-refractivity contribution is -0.140. The molecular formula is C21H22N4O3. The monoisotopic (exact) mass is 378 g/mol. The van der Waals surface area contributed by atoms with Crippen molar-refractivity contribution in [3.8, 4) is 0 Å². The summed E-state index contributed by atoms with van der Waals surface area (Å²) in [6.07, 6.45) is -0.0356. The lowest BCUT2D eigenvalue weighted by Gasteiger charge is -2.30. The van der Waals surface area contributed by atoms with E-state index in [2.05, 4.69) is 16.4 Å². The molecule has 3 aromatic rings. The fraction of sp³-hybridized carbons (Fsp3) is 0.333. The van der Waals surface area contributed by atoms with E-state index in [1.807, 2.05) is 25.1 Å². The Morgan fingerprint density at radius 1 is 1.18 bits per heavy atom. The van der Waals surface area contributed by atoms with Crippen LogP contribution in [0.25, 0.3) is 11.0 Å². The SMILES string of the molecule is CCn1nnc2cc(C(=O)O[C@@H](C)C(=O)N3CCc4ccccc4C3)ccc21. The van der Waals surface area contributed by atoms with E-state index in [0.717, 1.165) is 17.5 Å². The number of carbonyl (C=O) groups excluding carboxylic acids is 2. The molecule has 0 unspecified atom stereocenters. The summed E-state index contributed by atoms with van der Waals surface area (Å²) in [5.41, 5.74) is 4.26. The first-order valence-electron chi connectivity index (χ1n) is 9.46. The number of aromatic nitrogens is 3. The number of fused-ring (bicyclic) bond motifs is 2. The molecule has 1 aliphatic rings. The molecule has 0 saturated carbocycles. The van der Waals surface area contributed by atoms with Gasteiger partial charge in [-0.2, -0.15) is 0 Å². The Labute approximate surface area is 162 Å². The Morgan fingerprint density at radius 3 is 2.75 bits per heavy atom. The molecule has 28 heavy (non-hydrogen) atoms. The third kappa shape index (κ3) is 3.35. The van der Waals surface area contributed by atoms with Gasteiger partial charge in [0.05, 0.1) is 11.1 Å². The summed E-state index contributed by atoms with van der Waals surface area (Å²) in [5, 5.41) is 8.11. The lowest BCUT2D eigenvalue weighted by Crippen LogP contribution is -2.42. The van der Waals surface area contributed by atoms with Crippen LogP contribution in [0.4, 0.5) is 0 Å². The van der Waals surface area contributed by atoms with Gasteiger partial charge in [0, 0.05) is 19.6 Å². The van der Waals surface area contributed by atoms with Crippen molar-refractivity contribution in [3.63, 3.8) is 0 Å². The van der Waals surface area contributed by atoms with Gasteiger partial charge in [-0.1, -0.05) is 29.5 Å². The number of amides is 1. The first-order valence-corrected chi connectivity index (χ1v) is 9.46. The van der Waals surface area contributed by atoms with Crippen LogP contribution in [0.5, 0.6) is 0 Å². The topological polar surface area (TPSA) is 77.3 Å². The van der Waals surface area contributed by atoms with Crippen LogP contribution in [-0.4, -0.2) is 44.4 Å². The molecule has 7 nitrogen and oxygen atoms in total. The minimum absolute atomic E-state index is 0.180. The highest BCUT2D eigenvalue weighted by molar-refractivity contribution is 5.95. The Morgan fingerprint density at radius 2 is 1.96 bits per heavy atom. The Hall–Kier alpha value is -3.22. The van der Waals surface area contributed by atoms with Gasteiger partial charge >= 0.3 is 5.97 Å². The second-order valence-electron chi connectivity index (χ2n) is 6.93. The molecule has 2 aromatic carbocycles. The van der Waals surface area contributed by atoms with Crippen LogP contribution in [-0.2, 0) is 29.0 Å². The van der Waals surface area contributed by atoms with Crippen molar-refractivity contribution in [3.05, 3.63) is 59.2 Å². The van der Waals surface area contributed by atoms with Gasteiger partial charge in [0.1, 0.15) is 5.52 Å². The van der Waals surface area contributed by atoms with Crippen molar-refractivity contribution < 1.29 is 14.3 Å². The Bertz CT molecular complexity index is 1040. The molecule has 1 atom stereocenters. The molecule has 1 aliphatic heterocycles. The second kappa shape index (κ2) is 7.42. The van der Waals surface area contributed by atoms with Gasteiger partial charge in [-0.05, 0) is 49.6 Å². The maximum Gasteiger partial charge on any atom is 0.338 e. The summed E-state index contributed by atoms with van der Waals surface area (Å²) in [6.45, 7) is 5.47. The number of rotatable bonds is 4. The van der Waals surface area contributed by atoms with Gasteiger partial charge in [0.25, 0.3) is 5.91 Å². The minimum Gasteiger partial charge on any atom is -0.449 e. The first-order chi connectivity index (χ1) is 13.6. The van der Waals surface area contributed by atoms with Gasteiger partial charge in [0.2, 0.25) is 0 Å². The Kier molecular flexibility index (Phi) is 4.81. The quantitative estimate of drug-likeness (QED) is 0.652. The van der Waals surface area contributed by atoms with Gasteiger partial charge in [-0.3, -0.25) is 4.79 Å². The van der Waals surface area contributed by atoms with Crippen LogP contribution < -0.4 is 0 Å². The number of hydrogen-bond donors (Lipinski definition) is 0. The van der Waals surface area contributed by atoms with Crippen LogP contribution in [0.2, 0.25) is 0 Å². The molecule has 0 radical (unpaired) electrons. The van der Waals surface area contributed by atoms with Crippen molar-refractivity contribution in [1.82, 2.24) is 19.9 Å². The molecular weight excluding hydrogens is 356 g/mol. The molecule has 144 valence electrons. The number of ether oxygens (including phenoxy) is 1. The summed E-state index contributed by atoms with van der Waals surface area (Å²) in [4.78, 5) is 27.0. The zero-order chi connectivity index (χ0) is 19.7. The maximum atomic E-state index is 12.8. The van der Waals surface area contributed by atoms with E-state index in [9.17, 15) is 9.59 Å². The zero-order valence-corrected chi connectivity index (χ0v) is 16.0. The summed E-state index contributed by atoms with van der Waals surface area (Å²) in [6, 6.07) is 13.2. The number of benzene rings is 2. The van der Waals surface area contributed by atoms with Crippen LogP contribution in [0.15, 0.2) is 42.5 Å². The van der Waals surface area contributed by atoms with E-state index < -0.39 is 12.1 Å². The normalized spacial score (nSPS) is 14.6. The van der Waals surface area contributed by atoms with Crippen molar-refractivity contribution in [2.24, 2.45) is 0 Å². The first kappa shape index (κ1) is 18.2. The molecule has 1 amide bonds. The molecule has 2 heterocycles.